The smallest absolute Gasteiger partial charge is 0.406 e. The summed E-state index contributed by atoms with van der Waals surface area (Å²) >= 11 is 0. The SMILES string of the molecule is Cc1cc(C)n(CCCNC(=O)COc2cccnc2[N+](=O)[O-])n1. The van der Waals surface area contributed by atoms with Gasteiger partial charge in [0.1, 0.15) is 6.20 Å². The number of nitrogens with zero attached hydrogens (tertiary/aromatic N) is 4. The molecule has 0 atom stereocenters. The molecule has 2 aromatic rings. The van der Waals surface area contributed by atoms with Gasteiger partial charge in [-0.25, -0.2) is 0 Å². The Morgan fingerprint density at radius 2 is 2.25 bits per heavy atom. The summed E-state index contributed by atoms with van der Waals surface area (Å²) in [4.78, 5) is 25.5. The first-order valence-corrected chi connectivity index (χ1v) is 7.47. The summed E-state index contributed by atoms with van der Waals surface area (Å²) in [6, 6.07) is 4.91. The third kappa shape index (κ3) is 4.77. The van der Waals surface area contributed by atoms with Gasteiger partial charge in [0.2, 0.25) is 5.75 Å². The third-order valence-corrected chi connectivity index (χ3v) is 3.25. The largest absolute Gasteiger partial charge is 0.476 e. The number of pyridine rings is 1. The Bertz CT molecular complexity index is 728. The molecule has 0 bridgehead atoms. The average Bonchev–Trinajstić information content (AvgIpc) is 2.87. The van der Waals surface area contributed by atoms with Gasteiger partial charge in [0.25, 0.3) is 5.91 Å². The number of ether oxygens (including phenoxy) is 1. The number of carbonyl (C=O) groups is 1. The van der Waals surface area contributed by atoms with Gasteiger partial charge in [-0.05, 0) is 48.4 Å². The molecule has 128 valence electrons. The summed E-state index contributed by atoms with van der Waals surface area (Å²) in [5, 5.41) is 17.8. The predicted molar refractivity (Wildman–Crippen MR) is 85.7 cm³/mol. The number of hydrogen-bond acceptors (Lipinski definition) is 6. The Labute approximate surface area is 138 Å². The molecule has 0 aliphatic carbocycles. The molecule has 0 fully saturated rings. The molecule has 0 saturated heterocycles. The van der Waals surface area contributed by atoms with E-state index in [9.17, 15) is 14.9 Å². The minimum atomic E-state index is -0.651. The number of amides is 1. The van der Waals surface area contributed by atoms with Gasteiger partial charge < -0.3 is 20.2 Å². The summed E-state index contributed by atoms with van der Waals surface area (Å²) in [5.41, 5.74) is 2.04. The highest BCUT2D eigenvalue weighted by molar-refractivity contribution is 5.77. The Balaban J connectivity index is 1.72. The number of carbonyl (C=O) groups excluding carboxylic acids is 1. The molecule has 0 radical (unpaired) electrons. The summed E-state index contributed by atoms with van der Waals surface area (Å²) < 4.78 is 7.05. The van der Waals surface area contributed by atoms with E-state index < -0.39 is 10.7 Å². The second-order valence-corrected chi connectivity index (χ2v) is 5.22. The van der Waals surface area contributed by atoms with Crippen LogP contribution in [0.5, 0.6) is 5.75 Å². The van der Waals surface area contributed by atoms with Gasteiger partial charge in [0.15, 0.2) is 6.61 Å². The van der Waals surface area contributed by atoms with Crippen molar-refractivity contribution in [1.29, 1.82) is 0 Å². The first kappa shape index (κ1) is 17.4. The van der Waals surface area contributed by atoms with Crippen LogP contribution in [0.3, 0.4) is 0 Å². The summed E-state index contributed by atoms with van der Waals surface area (Å²) in [6.07, 6.45) is 2.02. The normalized spacial score (nSPS) is 10.4. The highest BCUT2D eigenvalue weighted by atomic mass is 16.6. The van der Waals surface area contributed by atoms with Crippen LogP contribution in [-0.2, 0) is 11.3 Å². The Morgan fingerprint density at radius 3 is 2.92 bits per heavy atom. The maximum atomic E-state index is 11.7. The molecule has 2 rings (SSSR count). The van der Waals surface area contributed by atoms with Crippen LogP contribution in [0.25, 0.3) is 0 Å². The molecule has 1 amide bonds. The van der Waals surface area contributed by atoms with E-state index in [2.05, 4.69) is 15.4 Å². The van der Waals surface area contributed by atoms with E-state index >= 15 is 0 Å². The first-order chi connectivity index (χ1) is 11.5. The van der Waals surface area contributed by atoms with Crippen molar-refractivity contribution < 1.29 is 14.5 Å². The van der Waals surface area contributed by atoms with Crippen LogP contribution in [0.4, 0.5) is 5.82 Å². The lowest BCUT2D eigenvalue weighted by Gasteiger charge is -2.08. The molecular formula is C15H19N5O4. The Morgan fingerprint density at radius 1 is 1.46 bits per heavy atom. The minimum Gasteiger partial charge on any atom is -0.476 e. The fraction of sp³-hybridized carbons (Fsp3) is 0.400. The number of nitro groups is 1. The molecule has 2 heterocycles. The second kappa shape index (κ2) is 8.04. The third-order valence-electron chi connectivity index (χ3n) is 3.25. The van der Waals surface area contributed by atoms with E-state index in [1.165, 1.54) is 18.3 Å². The second-order valence-electron chi connectivity index (χ2n) is 5.22. The van der Waals surface area contributed by atoms with Crippen LogP contribution in [0, 0.1) is 24.0 Å². The topological polar surface area (TPSA) is 112 Å². The zero-order chi connectivity index (χ0) is 17.5. The molecule has 0 spiro atoms. The molecule has 24 heavy (non-hydrogen) atoms. The van der Waals surface area contributed by atoms with Gasteiger partial charge >= 0.3 is 5.82 Å². The van der Waals surface area contributed by atoms with Gasteiger partial charge in [0, 0.05) is 18.8 Å². The highest BCUT2D eigenvalue weighted by Gasteiger charge is 2.16. The highest BCUT2D eigenvalue weighted by Crippen LogP contribution is 2.22. The van der Waals surface area contributed by atoms with Gasteiger partial charge in [0.05, 0.1) is 5.69 Å². The predicted octanol–water partition coefficient (Wildman–Crippen LogP) is 1.39. The Hall–Kier alpha value is -2.97. The fourth-order valence-electron chi connectivity index (χ4n) is 2.18. The van der Waals surface area contributed by atoms with E-state index in [-0.39, 0.29) is 18.3 Å². The van der Waals surface area contributed by atoms with Gasteiger partial charge in [-0.3, -0.25) is 9.48 Å². The molecule has 0 aromatic carbocycles. The number of aryl methyl sites for hydroxylation is 3. The Kier molecular flexibility index (Phi) is 5.83. The average molecular weight is 333 g/mol. The molecule has 0 aliphatic rings. The monoisotopic (exact) mass is 333 g/mol. The van der Waals surface area contributed by atoms with Crippen molar-refractivity contribution >= 4 is 11.7 Å². The van der Waals surface area contributed by atoms with E-state index in [1.54, 1.807) is 0 Å². The molecule has 0 unspecified atom stereocenters. The van der Waals surface area contributed by atoms with Crippen LogP contribution in [-0.4, -0.2) is 38.7 Å². The molecule has 9 nitrogen and oxygen atoms in total. The van der Waals surface area contributed by atoms with Crippen molar-refractivity contribution in [3.8, 4) is 5.75 Å². The van der Waals surface area contributed by atoms with E-state index in [1.807, 2.05) is 24.6 Å². The lowest BCUT2D eigenvalue weighted by Crippen LogP contribution is -2.30. The molecular weight excluding hydrogens is 314 g/mol. The zero-order valence-corrected chi connectivity index (χ0v) is 13.6. The van der Waals surface area contributed by atoms with Crippen LogP contribution < -0.4 is 10.1 Å². The maximum Gasteiger partial charge on any atom is 0.406 e. The quantitative estimate of drug-likeness (QED) is 0.444. The summed E-state index contributed by atoms with van der Waals surface area (Å²) in [7, 11) is 0. The molecule has 1 N–H and O–H groups in total. The molecule has 9 heteroatoms. The fourth-order valence-corrected chi connectivity index (χ4v) is 2.18. The first-order valence-electron chi connectivity index (χ1n) is 7.47. The lowest BCUT2D eigenvalue weighted by atomic mass is 10.4. The van der Waals surface area contributed by atoms with Crippen LogP contribution >= 0.6 is 0 Å². The van der Waals surface area contributed by atoms with Gasteiger partial charge in [-0.2, -0.15) is 5.10 Å². The molecule has 0 saturated carbocycles. The number of rotatable bonds is 8. The van der Waals surface area contributed by atoms with Crippen LogP contribution in [0.2, 0.25) is 0 Å². The zero-order valence-electron chi connectivity index (χ0n) is 13.6. The number of nitrogens with one attached hydrogen (secondary N) is 1. The number of hydrogen-bond donors (Lipinski definition) is 1. The van der Waals surface area contributed by atoms with E-state index in [4.69, 9.17) is 4.74 Å². The van der Waals surface area contributed by atoms with Crippen molar-refractivity contribution in [3.63, 3.8) is 0 Å². The van der Waals surface area contributed by atoms with Gasteiger partial charge in [-0.1, -0.05) is 0 Å². The van der Waals surface area contributed by atoms with Crippen molar-refractivity contribution in [2.24, 2.45) is 0 Å². The van der Waals surface area contributed by atoms with Gasteiger partial charge in [-0.15, -0.1) is 0 Å². The van der Waals surface area contributed by atoms with Crippen LogP contribution in [0.15, 0.2) is 24.4 Å². The summed E-state index contributed by atoms with van der Waals surface area (Å²) in [6.45, 7) is 4.78. The van der Waals surface area contributed by atoms with E-state index in [0.717, 1.165) is 17.8 Å². The van der Waals surface area contributed by atoms with Crippen molar-refractivity contribution in [2.45, 2.75) is 26.8 Å². The van der Waals surface area contributed by atoms with Crippen molar-refractivity contribution in [3.05, 3.63) is 45.9 Å². The van der Waals surface area contributed by atoms with Crippen LogP contribution in [0.1, 0.15) is 17.8 Å². The standard InChI is InChI=1S/C15H19N5O4/c1-11-9-12(2)19(18-11)8-4-7-16-14(21)10-24-13-5-3-6-17-15(13)20(22)23/h3,5-6,9H,4,7-8,10H2,1-2H3,(H,16,21). The lowest BCUT2D eigenvalue weighted by molar-refractivity contribution is -0.390. The minimum absolute atomic E-state index is 0.0275. The molecule has 2 aromatic heterocycles. The maximum absolute atomic E-state index is 11.7. The van der Waals surface area contributed by atoms with E-state index in [0.29, 0.717) is 13.1 Å². The van der Waals surface area contributed by atoms with Crippen molar-refractivity contribution in [1.82, 2.24) is 20.1 Å². The summed E-state index contributed by atoms with van der Waals surface area (Å²) in [5.74, 6) is -0.781. The molecule has 0 aliphatic heterocycles. The van der Waals surface area contributed by atoms with Crippen molar-refractivity contribution in [2.75, 3.05) is 13.2 Å². The number of aromatic nitrogens is 3.